The molecule has 1 rings (SSSR count). The second-order valence-electron chi connectivity index (χ2n) is 3.02. The molecule has 1 atom stereocenters. The van der Waals surface area contributed by atoms with E-state index in [0.717, 1.165) is 12.8 Å². The summed E-state index contributed by atoms with van der Waals surface area (Å²) in [5.41, 5.74) is 0. The van der Waals surface area contributed by atoms with Crippen LogP contribution in [0.4, 0.5) is 0 Å². The van der Waals surface area contributed by atoms with Gasteiger partial charge in [-0.15, -0.1) is 0 Å². The van der Waals surface area contributed by atoms with E-state index < -0.39 is 6.10 Å². The summed E-state index contributed by atoms with van der Waals surface area (Å²) >= 11 is 0. The standard InChI is InChI=1S/C8H14O2/c9-6-8(10)7-4-2-1-3-5-7/h6-8,10H,1-5H2/t8-/m0/s1. The van der Waals surface area contributed by atoms with Crippen LogP contribution >= 0.6 is 0 Å². The molecule has 0 spiro atoms. The average Bonchev–Trinajstić information content (AvgIpc) is 2.05. The number of rotatable bonds is 2. The van der Waals surface area contributed by atoms with Crippen LogP contribution in [0.25, 0.3) is 0 Å². The number of hydrogen-bond donors (Lipinski definition) is 1. The lowest BCUT2D eigenvalue weighted by molar-refractivity contribution is -0.117. The Balaban J connectivity index is 2.30. The minimum atomic E-state index is -0.694. The molecule has 0 aromatic heterocycles. The molecule has 0 heterocycles. The Morgan fingerprint density at radius 2 is 1.90 bits per heavy atom. The van der Waals surface area contributed by atoms with E-state index in [1.807, 2.05) is 0 Å². The Morgan fingerprint density at radius 3 is 2.40 bits per heavy atom. The monoisotopic (exact) mass is 142 g/mol. The molecule has 2 nitrogen and oxygen atoms in total. The molecule has 0 saturated heterocycles. The number of carbonyl (C=O) groups excluding carboxylic acids is 1. The molecule has 0 radical (unpaired) electrons. The van der Waals surface area contributed by atoms with Gasteiger partial charge < -0.3 is 9.90 Å². The highest BCUT2D eigenvalue weighted by atomic mass is 16.3. The first-order valence-corrected chi connectivity index (χ1v) is 3.98. The van der Waals surface area contributed by atoms with Crippen LogP contribution < -0.4 is 0 Å². The molecule has 0 amide bonds. The highest BCUT2D eigenvalue weighted by molar-refractivity contribution is 5.56. The second kappa shape index (κ2) is 3.71. The van der Waals surface area contributed by atoms with Crippen LogP contribution in [0.1, 0.15) is 32.1 Å². The number of aliphatic hydroxyl groups excluding tert-OH is 1. The van der Waals surface area contributed by atoms with Gasteiger partial charge in [-0.25, -0.2) is 0 Å². The van der Waals surface area contributed by atoms with Crippen molar-refractivity contribution in [1.82, 2.24) is 0 Å². The number of aliphatic hydroxyl groups is 1. The van der Waals surface area contributed by atoms with E-state index in [0.29, 0.717) is 6.29 Å². The number of aldehydes is 1. The maximum atomic E-state index is 10.2. The fraction of sp³-hybridized carbons (Fsp3) is 0.875. The van der Waals surface area contributed by atoms with E-state index in [-0.39, 0.29) is 5.92 Å². The smallest absolute Gasteiger partial charge is 0.148 e. The summed E-state index contributed by atoms with van der Waals surface area (Å²) in [5, 5.41) is 9.11. The summed E-state index contributed by atoms with van der Waals surface area (Å²) in [6.45, 7) is 0. The molecular weight excluding hydrogens is 128 g/mol. The fourth-order valence-electron chi connectivity index (χ4n) is 1.59. The molecule has 1 saturated carbocycles. The van der Waals surface area contributed by atoms with E-state index in [4.69, 9.17) is 5.11 Å². The van der Waals surface area contributed by atoms with E-state index in [2.05, 4.69) is 0 Å². The van der Waals surface area contributed by atoms with Crippen LogP contribution in [-0.2, 0) is 4.79 Å². The van der Waals surface area contributed by atoms with E-state index in [1.54, 1.807) is 0 Å². The zero-order chi connectivity index (χ0) is 7.40. The van der Waals surface area contributed by atoms with Gasteiger partial charge in [0.2, 0.25) is 0 Å². The van der Waals surface area contributed by atoms with Crippen LogP contribution in [-0.4, -0.2) is 17.5 Å². The molecule has 1 aliphatic carbocycles. The van der Waals surface area contributed by atoms with Gasteiger partial charge in [0.1, 0.15) is 12.4 Å². The van der Waals surface area contributed by atoms with Gasteiger partial charge in [0.15, 0.2) is 0 Å². The first-order valence-electron chi connectivity index (χ1n) is 3.98. The Labute approximate surface area is 61.2 Å². The molecular formula is C8H14O2. The summed E-state index contributed by atoms with van der Waals surface area (Å²) < 4.78 is 0. The molecule has 58 valence electrons. The van der Waals surface area contributed by atoms with Crippen molar-refractivity contribution in [3.05, 3.63) is 0 Å². The Morgan fingerprint density at radius 1 is 1.30 bits per heavy atom. The normalized spacial score (nSPS) is 24.1. The van der Waals surface area contributed by atoms with Crippen molar-refractivity contribution in [2.75, 3.05) is 0 Å². The van der Waals surface area contributed by atoms with E-state index in [9.17, 15) is 4.79 Å². The molecule has 0 aromatic carbocycles. The lowest BCUT2D eigenvalue weighted by atomic mass is 9.86. The van der Waals surface area contributed by atoms with Crippen molar-refractivity contribution in [1.29, 1.82) is 0 Å². The quantitative estimate of drug-likeness (QED) is 0.587. The largest absolute Gasteiger partial charge is 0.385 e. The molecule has 0 aromatic rings. The Bertz CT molecular complexity index is 106. The van der Waals surface area contributed by atoms with Gasteiger partial charge in [0, 0.05) is 0 Å². The van der Waals surface area contributed by atoms with Crippen LogP contribution in [0.5, 0.6) is 0 Å². The maximum absolute atomic E-state index is 10.2. The van der Waals surface area contributed by atoms with Crippen molar-refractivity contribution in [3.63, 3.8) is 0 Å². The van der Waals surface area contributed by atoms with Gasteiger partial charge in [-0.2, -0.15) is 0 Å². The molecule has 10 heavy (non-hydrogen) atoms. The summed E-state index contributed by atoms with van der Waals surface area (Å²) in [6, 6.07) is 0. The van der Waals surface area contributed by atoms with Crippen LogP contribution in [0.3, 0.4) is 0 Å². The number of hydrogen-bond acceptors (Lipinski definition) is 2. The SMILES string of the molecule is O=C[C@H](O)C1CCCCC1. The summed E-state index contributed by atoms with van der Waals surface area (Å²) in [6.07, 6.45) is 5.64. The zero-order valence-electron chi connectivity index (χ0n) is 6.12. The fourth-order valence-corrected chi connectivity index (χ4v) is 1.59. The zero-order valence-corrected chi connectivity index (χ0v) is 6.12. The maximum Gasteiger partial charge on any atom is 0.148 e. The molecule has 0 unspecified atom stereocenters. The minimum absolute atomic E-state index is 0.256. The molecule has 0 bridgehead atoms. The van der Waals surface area contributed by atoms with Crippen molar-refractivity contribution in [2.45, 2.75) is 38.2 Å². The van der Waals surface area contributed by atoms with Gasteiger partial charge in [-0.1, -0.05) is 19.3 Å². The third-order valence-electron chi connectivity index (χ3n) is 2.27. The molecule has 1 N–H and O–H groups in total. The van der Waals surface area contributed by atoms with Gasteiger partial charge in [0.05, 0.1) is 0 Å². The van der Waals surface area contributed by atoms with Crippen LogP contribution in [0.15, 0.2) is 0 Å². The lowest BCUT2D eigenvalue weighted by Crippen LogP contribution is -2.23. The van der Waals surface area contributed by atoms with Crippen LogP contribution in [0.2, 0.25) is 0 Å². The molecule has 1 aliphatic rings. The minimum Gasteiger partial charge on any atom is -0.385 e. The molecule has 0 aliphatic heterocycles. The third kappa shape index (κ3) is 1.81. The number of carbonyl (C=O) groups is 1. The van der Waals surface area contributed by atoms with Gasteiger partial charge in [-0.05, 0) is 18.8 Å². The van der Waals surface area contributed by atoms with Crippen molar-refractivity contribution in [2.24, 2.45) is 5.92 Å². The van der Waals surface area contributed by atoms with E-state index >= 15 is 0 Å². The highest BCUT2D eigenvalue weighted by Crippen LogP contribution is 2.25. The topological polar surface area (TPSA) is 37.3 Å². The molecule has 2 heteroatoms. The van der Waals surface area contributed by atoms with Crippen molar-refractivity contribution in [3.8, 4) is 0 Å². The van der Waals surface area contributed by atoms with Crippen molar-refractivity contribution < 1.29 is 9.90 Å². The van der Waals surface area contributed by atoms with Gasteiger partial charge >= 0.3 is 0 Å². The lowest BCUT2D eigenvalue weighted by Gasteiger charge is -2.22. The van der Waals surface area contributed by atoms with Crippen molar-refractivity contribution >= 4 is 6.29 Å². The predicted molar refractivity (Wildman–Crippen MR) is 38.6 cm³/mol. The summed E-state index contributed by atoms with van der Waals surface area (Å²) in [4.78, 5) is 10.2. The average molecular weight is 142 g/mol. The summed E-state index contributed by atoms with van der Waals surface area (Å²) in [7, 11) is 0. The van der Waals surface area contributed by atoms with E-state index in [1.165, 1.54) is 19.3 Å². The first kappa shape index (κ1) is 7.73. The third-order valence-corrected chi connectivity index (χ3v) is 2.27. The Hall–Kier alpha value is -0.370. The van der Waals surface area contributed by atoms with Crippen LogP contribution in [0, 0.1) is 5.92 Å². The Kier molecular flexibility index (Phi) is 2.87. The summed E-state index contributed by atoms with van der Waals surface area (Å²) in [5.74, 6) is 0.256. The second-order valence-corrected chi connectivity index (χ2v) is 3.02. The first-order chi connectivity index (χ1) is 4.84. The highest BCUT2D eigenvalue weighted by Gasteiger charge is 2.20. The predicted octanol–water partition coefficient (Wildman–Crippen LogP) is 1.13. The molecule has 1 fully saturated rings. The van der Waals surface area contributed by atoms with Gasteiger partial charge in [0.25, 0.3) is 0 Å². The van der Waals surface area contributed by atoms with Gasteiger partial charge in [-0.3, -0.25) is 0 Å².